The van der Waals surface area contributed by atoms with Crippen molar-refractivity contribution >= 4 is 5.78 Å². The van der Waals surface area contributed by atoms with Crippen LogP contribution in [-0.4, -0.2) is 26.1 Å². The van der Waals surface area contributed by atoms with Crippen molar-refractivity contribution in [3.63, 3.8) is 0 Å². The molecule has 4 heteroatoms. The molecule has 0 amide bonds. The third-order valence-electron chi connectivity index (χ3n) is 2.60. The molecule has 0 N–H and O–H groups in total. The van der Waals surface area contributed by atoms with Crippen LogP contribution in [0.4, 0.5) is 0 Å². The zero-order valence-corrected chi connectivity index (χ0v) is 10.7. The molecular formula is C14H17NO3. The van der Waals surface area contributed by atoms with Crippen LogP contribution in [0.3, 0.4) is 0 Å². The van der Waals surface area contributed by atoms with Gasteiger partial charge in [0.2, 0.25) is 0 Å². The minimum absolute atomic E-state index is 0.115. The molecule has 1 unspecified atom stereocenters. The second kappa shape index (κ2) is 7.46. The molecule has 0 saturated heterocycles. The van der Waals surface area contributed by atoms with Crippen LogP contribution in [0.2, 0.25) is 0 Å². The number of hydrogen-bond acceptors (Lipinski definition) is 4. The number of rotatable bonds is 7. The largest absolute Gasteiger partial charge is 0.497 e. The van der Waals surface area contributed by atoms with Crippen LogP contribution in [0.25, 0.3) is 0 Å². The molecule has 0 radical (unpaired) electrons. The van der Waals surface area contributed by atoms with E-state index < -0.39 is 5.92 Å². The molecule has 0 aliphatic carbocycles. The molecule has 0 spiro atoms. The number of benzene rings is 1. The zero-order valence-electron chi connectivity index (χ0n) is 10.7. The fraction of sp³-hybridized carbons (Fsp3) is 0.429. The van der Waals surface area contributed by atoms with Crippen LogP contribution < -0.4 is 4.74 Å². The molecule has 0 aliphatic heterocycles. The third kappa shape index (κ3) is 3.86. The zero-order chi connectivity index (χ0) is 13.4. The number of hydrogen-bond donors (Lipinski definition) is 0. The van der Waals surface area contributed by atoms with Gasteiger partial charge >= 0.3 is 0 Å². The molecule has 1 aromatic carbocycles. The Bertz CT molecular complexity index is 420. The van der Waals surface area contributed by atoms with E-state index in [1.165, 1.54) is 0 Å². The van der Waals surface area contributed by atoms with Crippen LogP contribution in [-0.2, 0) is 9.53 Å². The Morgan fingerprint density at radius 2 is 2.06 bits per heavy atom. The van der Waals surface area contributed by atoms with E-state index >= 15 is 0 Å². The van der Waals surface area contributed by atoms with Gasteiger partial charge in [-0.1, -0.05) is 12.1 Å². The van der Waals surface area contributed by atoms with E-state index in [9.17, 15) is 4.79 Å². The first-order valence-electron chi connectivity index (χ1n) is 5.87. The summed E-state index contributed by atoms with van der Waals surface area (Å²) in [5.41, 5.74) is 0.694. The van der Waals surface area contributed by atoms with Gasteiger partial charge in [0, 0.05) is 13.0 Å². The summed E-state index contributed by atoms with van der Waals surface area (Å²) in [6, 6.07) is 9.01. The Hall–Kier alpha value is -1.86. The first kappa shape index (κ1) is 14.2. The lowest BCUT2D eigenvalue weighted by molar-refractivity contribution is -0.120. The summed E-state index contributed by atoms with van der Waals surface area (Å²) in [7, 11) is 1.57. The van der Waals surface area contributed by atoms with Gasteiger partial charge in [-0.3, -0.25) is 4.79 Å². The average molecular weight is 247 g/mol. The van der Waals surface area contributed by atoms with Gasteiger partial charge in [-0.05, 0) is 24.6 Å². The maximum atomic E-state index is 11.9. The number of carbonyl (C=O) groups excluding carboxylic acids is 1. The highest BCUT2D eigenvalue weighted by Crippen LogP contribution is 2.20. The highest BCUT2D eigenvalue weighted by atomic mass is 16.5. The van der Waals surface area contributed by atoms with Crippen LogP contribution in [0.15, 0.2) is 24.3 Å². The molecule has 18 heavy (non-hydrogen) atoms. The van der Waals surface area contributed by atoms with Crippen molar-refractivity contribution in [2.45, 2.75) is 19.3 Å². The predicted molar refractivity (Wildman–Crippen MR) is 67.5 cm³/mol. The van der Waals surface area contributed by atoms with E-state index in [1.807, 2.05) is 13.0 Å². The highest BCUT2D eigenvalue weighted by molar-refractivity contribution is 5.88. The molecule has 0 aromatic heterocycles. The molecule has 0 bridgehead atoms. The summed E-state index contributed by atoms with van der Waals surface area (Å²) in [6.45, 7) is 2.81. The van der Waals surface area contributed by atoms with Crippen molar-refractivity contribution < 1.29 is 14.3 Å². The van der Waals surface area contributed by atoms with Gasteiger partial charge in [-0.15, -0.1) is 0 Å². The van der Waals surface area contributed by atoms with Crippen LogP contribution >= 0.6 is 0 Å². The molecule has 0 saturated carbocycles. The summed E-state index contributed by atoms with van der Waals surface area (Å²) >= 11 is 0. The maximum Gasteiger partial charge on any atom is 0.156 e. The summed E-state index contributed by atoms with van der Waals surface area (Å²) in [5.74, 6) is -0.135. The van der Waals surface area contributed by atoms with E-state index in [2.05, 4.69) is 0 Å². The maximum absolute atomic E-state index is 11.9. The normalized spacial score (nSPS) is 11.6. The molecule has 0 aliphatic rings. The predicted octanol–water partition coefficient (Wildman–Crippen LogP) is 2.30. The van der Waals surface area contributed by atoms with Gasteiger partial charge < -0.3 is 9.47 Å². The Kier molecular flexibility index (Phi) is 5.89. The third-order valence-corrected chi connectivity index (χ3v) is 2.60. The summed E-state index contributed by atoms with van der Waals surface area (Å²) in [4.78, 5) is 11.9. The summed E-state index contributed by atoms with van der Waals surface area (Å²) < 4.78 is 10.2. The number of nitriles is 1. The van der Waals surface area contributed by atoms with Crippen molar-refractivity contribution in [3.05, 3.63) is 29.8 Å². The number of nitrogens with zero attached hydrogens (tertiary/aromatic N) is 1. The summed E-state index contributed by atoms with van der Waals surface area (Å²) in [6.07, 6.45) is 0.262. The van der Waals surface area contributed by atoms with Crippen molar-refractivity contribution in [3.8, 4) is 11.8 Å². The Balaban J connectivity index is 2.70. The number of carbonyl (C=O) groups is 1. The van der Waals surface area contributed by atoms with Crippen molar-refractivity contribution in [2.24, 2.45) is 0 Å². The van der Waals surface area contributed by atoms with E-state index in [0.717, 1.165) is 0 Å². The molecule has 0 heterocycles. The lowest BCUT2D eigenvalue weighted by Crippen LogP contribution is -2.13. The topological polar surface area (TPSA) is 59.3 Å². The van der Waals surface area contributed by atoms with E-state index in [-0.39, 0.29) is 12.2 Å². The fourth-order valence-electron chi connectivity index (χ4n) is 1.59. The van der Waals surface area contributed by atoms with Crippen molar-refractivity contribution in [1.29, 1.82) is 5.26 Å². The second-order valence-corrected chi connectivity index (χ2v) is 3.75. The smallest absolute Gasteiger partial charge is 0.156 e. The quantitative estimate of drug-likeness (QED) is 0.694. The Morgan fingerprint density at radius 1 is 1.39 bits per heavy atom. The Labute approximate surface area is 107 Å². The van der Waals surface area contributed by atoms with Gasteiger partial charge in [0.05, 0.1) is 19.8 Å². The van der Waals surface area contributed by atoms with Crippen molar-refractivity contribution in [2.75, 3.05) is 20.3 Å². The number of Topliss-reactive ketones (excluding diaryl/α,β-unsaturated/α-hetero) is 1. The summed E-state index contributed by atoms with van der Waals surface area (Å²) in [5, 5.41) is 9.09. The molecule has 4 nitrogen and oxygen atoms in total. The van der Waals surface area contributed by atoms with Crippen LogP contribution in [0.5, 0.6) is 5.75 Å². The van der Waals surface area contributed by atoms with Gasteiger partial charge in [-0.2, -0.15) is 5.26 Å². The molecule has 0 fully saturated rings. The molecule has 96 valence electrons. The fourth-order valence-corrected chi connectivity index (χ4v) is 1.59. The Morgan fingerprint density at radius 3 is 2.56 bits per heavy atom. The lowest BCUT2D eigenvalue weighted by atomic mass is 9.94. The van der Waals surface area contributed by atoms with Gasteiger partial charge in [0.25, 0.3) is 0 Å². The molecule has 1 aromatic rings. The average Bonchev–Trinajstić information content (AvgIpc) is 2.41. The van der Waals surface area contributed by atoms with E-state index in [4.69, 9.17) is 14.7 Å². The SMILES string of the molecule is CCOCCC(=O)C(C#N)c1ccc(OC)cc1. The number of ether oxygens (including phenoxy) is 2. The van der Waals surface area contributed by atoms with Gasteiger partial charge in [-0.25, -0.2) is 0 Å². The van der Waals surface area contributed by atoms with Crippen LogP contribution in [0.1, 0.15) is 24.8 Å². The molecular weight excluding hydrogens is 230 g/mol. The van der Waals surface area contributed by atoms with Crippen molar-refractivity contribution in [1.82, 2.24) is 0 Å². The minimum atomic E-state index is -0.726. The lowest BCUT2D eigenvalue weighted by Gasteiger charge is -2.09. The molecule has 1 rings (SSSR count). The monoisotopic (exact) mass is 247 g/mol. The van der Waals surface area contributed by atoms with E-state index in [0.29, 0.717) is 24.5 Å². The first-order chi connectivity index (χ1) is 8.72. The highest BCUT2D eigenvalue weighted by Gasteiger charge is 2.19. The standard InChI is InChI=1S/C14H17NO3/c1-3-18-9-8-14(16)13(10-15)11-4-6-12(17-2)7-5-11/h4-7,13H,3,8-9H2,1-2H3. The first-order valence-corrected chi connectivity index (χ1v) is 5.87. The van der Waals surface area contributed by atoms with E-state index in [1.54, 1.807) is 31.4 Å². The second-order valence-electron chi connectivity index (χ2n) is 3.75. The number of methoxy groups -OCH3 is 1. The van der Waals surface area contributed by atoms with Gasteiger partial charge in [0.15, 0.2) is 5.78 Å². The van der Waals surface area contributed by atoms with Crippen LogP contribution in [0, 0.1) is 11.3 Å². The molecule has 1 atom stereocenters. The number of ketones is 1. The minimum Gasteiger partial charge on any atom is -0.497 e. The van der Waals surface area contributed by atoms with Gasteiger partial charge in [0.1, 0.15) is 11.7 Å².